The van der Waals surface area contributed by atoms with Crippen LogP contribution in [0.5, 0.6) is 0 Å². The molecular weight excluding hydrogens is 220 g/mol. The van der Waals surface area contributed by atoms with Gasteiger partial charge in [-0.25, -0.2) is 0 Å². The Bertz CT molecular complexity index is 296. The average Bonchev–Trinajstić information content (AvgIpc) is 3.07. The van der Waals surface area contributed by atoms with Crippen molar-refractivity contribution < 1.29 is 8.97 Å². The van der Waals surface area contributed by atoms with E-state index in [0.717, 1.165) is 0 Å². The van der Waals surface area contributed by atoms with Crippen molar-refractivity contribution in [3.05, 3.63) is 12.3 Å². The number of hydrogen-bond acceptors (Lipinski definition) is 0. The first kappa shape index (κ1) is 14.1. The second-order valence-electron chi connectivity index (χ2n) is 6.47. The molecule has 0 aliphatic carbocycles. The molecule has 2 saturated heterocycles. The van der Waals surface area contributed by atoms with Gasteiger partial charge in [0.25, 0.3) is 0 Å². The van der Waals surface area contributed by atoms with Crippen LogP contribution in [0.4, 0.5) is 0 Å². The Balaban J connectivity index is 2.16. The topological polar surface area (TPSA) is 0 Å². The zero-order chi connectivity index (χ0) is 13.2. The number of nitrogens with zero attached hydrogens (tertiary/aromatic N) is 2. The lowest BCUT2D eigenvalue weighted by Gasteiger charge is -2.44. The quantitative estimate of drug-likeness (QED) is 0.659. The Hall–Kier alpha value is -0.340. The molecule has 0 saturated carbocycles. The van der Waals surface area contributed by atoms with E-state index in [1.807, 2.05) is 0 Å². The first-order valence-electron chi connectivity index (χ1n) is 8.01. The molecular formula is C16H32N2+2. The van der Waals surface area contributed by atoms with Gasteiger partial charge in [0.15, 0.2) is 11.7 Å². The fraction of sp³-hybridized carbons (Fsp3) is 0.875. The van der Waals surface area contributed by atoms with Crippen LogP contribution in [0.25, 0.3) is 0 Å². The minimum Gasteiger partial charge on any atom is -0.314 e. The Morgan fingerprint density at radius 2 is 1.44 bits per heavy atom. The monoisotopic (exact) mass is 252 g/mol. The maximum Gasteiger partial charge on any atom is 0.160 e. The highest BCUT2D eigenvalue weighted by Gasteiger charge is 2.45. The number of likely N-dealkylation sites (tertiary alicyclic amines) is 2. The van der Waals surface area contributed by atoms with Crippen LogP contribution in [0, 0.1) is 0 Å². The van der Waals surface area contributed by atoms with Crippen LogP contribution in [0.3, 0.4) is 0 Å². The van der Waals surface area contributed by atoms with E-state index < -0.39 is 0 Å². The summed E-state index contributed by atoms with van der Waals surface area (Å²) in [6.07, 6.45) is 5.62. The third-order valence-electron chi connectivity index (χ3n) is 6.03. The summed E-state index contributed by atoms with van der Waals surface area (Å²) in [4.78, 5) is 0. The molecule has 2 fully saturated rings. The normalized spacial score (nSPS) is 27.3. The standard InChI is InChI=1S/C16H32N2/c1-5-17(11-7-8-12-17)15(3)16(4)18(6-2)13-9-10-14-18/h16H,3,5-14H2,1-2,4H3/q+2. The van der Waals surface area contributed by atoms with E-state index in [1.165, 1.54) is 79.6 Å². The molecule has 2 aliphatic rings. The molecule has 1 atom stereocenters. The summed E-state index contributed by atoms with van der Waals surface area (Å²) < 4.78 is 2.51. The van der Waals surface area contributed by atoms with E-state index in [0.29, 0.717) is 6.04 Å². The first-order chi connectivity index (χ1) is 8.60. The number of likely N-dealkylation sites (N-methyl/N-ethyl adjacent to an activating group) is 2. The van der Waals surface area contributed by atoms with Gasteiger partial charge in [0.05, 0.1) is 39.3 Å². The molecule has 0 radical (unpaired) electrons. The summed E-state index contributed by atoms with van der Waals surface area (Å²) in [7, 11) is 0. The Morgan fingerprint density at radius 3 is 1.89 bits per heavy atom. The average molecular weight is 252 g/mol. The van der Waals surface area contributed by atoms with Crippen molar-refractivity contribution >= 4 is 0 Å². The van der Waals surface area contributed by atoms with Crippen molar-refractivity contribution in [3.63, 3.8) is 0 Å². The zero-order valence-corrected chi connectivity index (χ0v) is 12.7. The molecule has 1 unspecified atom stereocenters. The zero-order valence-electron chi connectivity index (χ0n) is 12.7. The van der Waals surface area contributed by atoms with Gasteiger partial charge in [0.1, 0.15) is 0 Å². The molecule has 0 aromatic carbocycles. The van der Waals surface area contributed by atoms with E-state index in [4.69, 9.17) is 0 Å². The molecule has 18 heavy (non-hydrogen) atoms. The molecule has 0 spiro atoms. The molecule has 0 N–H and O–H groups in total. The van der Waals surface area contributed by atoms with Crippen molar-refractivity contribution in [3.8, 4) is 0 Å². The molecule has 0 aromatic heterocycles. The van der Waals surface area contributed by atoms with Gasteiger partial charge in [-0.2, -0.15) is 0 Å². The lowest BCUT2D eigenvalue weighted by Crippen LogP contribution is -2.58. The second-order valence-corrected chi connectivity index (χ2v) is 6.47. The van der Waals surface area contributed by atoms with Gasteiger partial charge < -0.3 is 4.48 Å². The van der Waals surface area contributed by atoms with Crippen molar-refractivity contribution in [2.45, 2.75) is 52.5 Å². The predicted octanol–water partition coefficient (Wildman–Crippen LogP) is 3.15. The lowest BCUT2D eigenvalue weighted by atomic mass is 10.1. The van der Waals surface area contributed by atoms with Gasteiger partial charge in [-0.05, 0) is 27.4 Å². The lowest BCUT2D eigenvalue weighted by molar-refractivity contribution is -0.963. The van der Waals surface area contributed by atoms with Gasteiger partial charge in [0.2, 0.25) is 0 Å². The van der Waals surface area contributed by atoms with Gasteiger partial charge in [-0.3, -0.25) is 4.48 Å². The summed E-state index contributed by atoms with van der Waals surface area (Å²) in [5.41, 5.74) is 1.53. The first-order valence-corrected chi connectivity index (χ1v) is 8.01. The largest absolute Gasteiger partial charge is 0.314 e. The van der Waals surface area contributed by atoms with Crippen LogP contribution in [-0.2, 0) is 0 Å². The summed E-state index contributed by atoms with van der Waals surface area (Å²) in [5, 5.41) is 0. The van der Waals surface area contributed by atoms with Crippen LogP contribution in [0.1, 0.15) is 46.5 Å². The third-order valence-corrected chi connectivity index (χ3v) is 6.03. The SMILES string of the molecule is C=C(C(C)[N+]1(CC)CCCC1)[N+]1(CC)CCCC1. The van der Waals surface area contributed by atoms with Gasteiger partial charge >= 0.3 is 0 Å². The van der Waals surface area contributed by atoms with Crippen LogP contribution >= 0.6 is 0 Å². The van der Waals surface area contributed by atoms with Crippen molar-refractivity contribution in [2.24, 2.45) is 0 Å². The molecule has 2 rings (SSSR count). The highest BCUT2D eigenvalue weighted by Crippen LogP contribution is 2.34. The number of rotatable bonds is 5. The fourth-order valence-electron chi connectivity index (χ4n) is 4.40. The minimum absolute atomic E-state index is 0.649. The Morgan fingerprint density at radius 1 is 0.944 bits per heavy atom. The minimum atomic E-state index is 0.649. The smallest absolute Gasteiger partial charge is 0.160 e. The van der Waals surface area contributed by atoms with E-state index in [9.17, 15) is 0 Å². The molecule has 2 heteroatoms. The molecule has 0 aromatic rings. The van der Waals surface area contributed by atoms with E-state index in [-0.39, 0.29) is 0 Å². The molecule has 0 bridgehead atoms. The third kappa shape index (κ3) is 2.14. The summed E-state index contributed by atoms with van der Waals surface area (Å²) in [6.45, 7) is 19.7. The maximum atomic E-state index is 4.57. The van der Waals surface area contributed by atoms with Gasteiger partial charge in [-0.15, -0.1) is 0 Å². The predicted molar refractivity (Wildman–Crippen MR) is 78.1 cm³/mol. The summed E-state index contributed by atoms with van der Waals surface area (Å²) in [6, 6.07) is 0.649. The van der Waals surface area contributed by atoms with Gasteiger partial charge in [-0.1, -0.05) is 0 Å². The Kier molecular flexibility index (Phi) is 4.18. The van der Waals surface area contributed by atoms with E-state index >= 15 is 0 Å². The van der Waals surface area contributed by atoms with Crippen molar-refractivity contribution in [1.29, 1.82) is 0 Å². The molecule has 2 aliphatic heterocycles. The molecule has 2 heterocycles. The van der Waals surface area contributed by atoms with Gasteiger partial charge in [0, 0.05) is 25.7 Å². The van der Waals surface area contributed by atoms with Crippen LogP contribution in [0.15, 0.2) is 12.3 Å². The van der Waals surface area contributed by atoms with Crippen LogP contribution < -0.4 is 0 Å². The van der Waals surface area contributed by atoms with Crippen LogP contribution in [0.2, 0.25) is 0 Å². The fourth-order valence-corrected chi connectivity index (χ4v) is 4.40. The van der Waals surface area contributed by atoms with E-state index in [1.54, 1.807) is 0 Å². The molecule has 2 nitrogen and oxygen atoms in total. The van der Waals surface area contributed by atoms with Crippen LogP contribution in [-0.4, -0.2) is 54.3 Å². The van der Waals surface area contributed by atoms with Crippen molar-refractivity contribution in [1.82, 2.24) is 0 Å². The molecule has 104 valence electrons. The maximum absolute atomic E-state index is 4.57. The highest BCUT2D eigenvalue weighted by atomic mass is 15.4. The highest BCUT2D eigenvalue weighted by molar-refractivity contribution is 4.94. The van der Waals surface area contributed by atoms with E-state index in [2.05, 4.69) is 27.4 Å². The van der Waals surface area contributed by atoms with Crippen molar-refractivity contribution in [2.75, 3.05) is 39.3 Å². The summed E-state index contributed by atoms with van der Waals surface area (Å²) >= 11 is 0. The summed E-state index contributed by atoms with van der Waals surface area (Å²) in [5.74, 6) is 0. The number of hydrogen-bond donors (Lipinski definition) is 0. The Labute approximate surface area is 113 Å². The molecule has 0 amide bonds. The second kappa shape index (κ2) is 5.34. The number of quaternary nitrogens is 2.